The molecule has 12 heteroatoms. The van der Waals surface area contributed by atoms with E-state index in [0.717, 1.165) is 0 Å². The highest BCUT2D eigenvalue weighted by Gasteiger charge is 2.63. The summed E-state index contributed by atoms with van der Waals surface area (Å²) in [7, 11) is -4.30. The summed E-state index contributed by atoms with van der Waals surface area (Å²) in [6.45, 7) is 8.77. The fourth-order valence-corrected chi connectivity index (χ4v) is 5.41. The third-order valence-corrected chi connectivity index (χ3v) is 7.50. The molecule has 2 N–H and O–H groups in total. The zero-order valence-corrected chi connectivity index (χ0v) is 21.3. The number of nitrogens with one attached hydrogen (secondary N) is 2. The highest BCUT2D eigenvalue weighted by Crippen LogP contribution is 2.63. The van der Waals surface area contributed by atoms with Crippen molar-refractivity contribution in [3.05, 3.63) is 30.3 Å². The molecule has 34 heavy (non-hydrogen) atoms. The van der Waals surface area contributed by atoms with Gasteiger partial charge in [-0.25, -0.2) is 10.2 Å². The van der Waals surface area contributed by atoms with Crippen LogP contribution < -0.4 is 10.7 Å². The van der Waals surface area contributed by atoms with Gasteiger partial charge in [-0.3, -0.25) is 14.2 Å². The van der Waals surface area contributed by atoms with Gasteiger partial charge in [0.25, 0.3) is 0 Å². The van der Waals surface area contributed by atoms with Crippen LogP contribution in [-0.2, 0) is 32.7 Å². The number of amides is 2. The minimum absolute atomic E-state index is 0.0169. The predicted molar refractivity (Wildman–Crippen MR) is 128 cm³/mol. The summed E-state index contributed by atoms with van der Waals surface area (Å²) in [5.41, 5.74) is 2.73. The first kappa shape index (κ1) is 29.3. The molecule has 0 aliphatic carbocycles. The highest BCUT2D eigenvalue weighted by atomic mass is 31.2. The lowest BCUT2D eigenvalue weighted by Gasteiger charge is -2.38. The predicted octanol–water partition coefficient (Wildman–Crippen LogP) is 3.95. The van der Waals surface area contributed by atoms with Crippen LogP contribution in [-0.4, -0.2) is 55.3 Å². The van der Waals surface area contributed by atoms with Crippen LogP contribution in [0.25, 0.3) is 0 Å². The Hall–Kier alpha value is -2.75. The zero-order chi connectivity index (χ0) is 25.8. The largest absolute Gasteiger partial charge is 0.465 e. The molecule has 1 aromatic rings. The number of urea groups is 1. The van der Waals surface area contributed by atoms with Crippen molar-refractivity contribution in [2.24, 2.45) is 11.0 Å². The van der Waals surface area contributed by atoms with E-state index >= 15 is 0 Å². The number of rotatable bonds is 13. The SMILES string of the molecule is CCOC(=O)C(/C(C)=N/NC(=O)Nc1ccccc1)C(C)(C(=O)OCC)P(=O)(OCC)OCC. The molecule has 0 saturated carbocycles. The first-order chi connectivity index (χ1) is 16.1. The van der Waals surface area contributed by atoms with Gasteiger partial charge in [-0.2, -0.15) is 5.10 Å². The number of carbonyl (C=O) groups is 3. The van der Waals surface area contributed by atoms with E-state index in [1.165, 1.54) is 13.8 Å². The topological polar surface area (TPSA) is 142 Å². The number of para-hydroxylation sites is 1. The molecule has 2 unspecified atom stereocenters. The number of hydrogen-bond donors (Lipinski definition) is 2. The molecule has 11 nitrogen and oxygen atoms in total. The molecule has 0 aromatic heterocycles. The Bertz CT molecular complexity index is 899. The summed E-state index contributed by atoms with van der Waals surface area (Å²) in [6.07, 6.45) is 0. The maximum atomic E-state index is 13.9. The van der Waals surface area contributed by atoms with Crippen molar-refractivity contribution in [1.82, 2.24) is 5.43 Å². The second-order valence-electron chi connectivity index (χ2n) is 7.07. The lowest BCUT2D eigenvalue weighted by Crippen LogP contribution is -2.52. The standard InChI is InChI=1S/C22H34N3O8P/c1-7-30-19(26)18(16(5)24-25-21(28)23-17-14-12-11-13-15-17)22(6,20(27)31-8-2)34(29,32-9-3)33-10-4/h11-15,18H,7-10H2,1-6H3,(H2,23,25,28)/b24-16+. The maximum absolute atomic E-state index is 13.9. The van der Waals surface area contributed by atoms with E-state index in [4.69, 9.17) is 18.5 Å². The first-order valence-electron chi connectivity index (χ1n) is 11.0. The minimum Gasteiger partial charge on any atom is -0.465 e. The van der Waals surface area contributed by atoms with Crippen molar-refractivity contribution in [3.63, 3.8) is 0 Å². The Morgan fingerprint density at radius 1 is 0.971 bits per heavy atom. The summed E-state index contributed by atoms with van der Waals surface area (Å²) in [5.74, 6) is -3.43. The number of anilines is 1. The fourth-order valence-electron chi connectivity index (χ4n) is 3.23. The zero-order valence-electron chi connectivity index (χ0n) is 20.5. The molecule has 0 aliphatic rings. The molecule has 2 atom stereocenters. The summed E-state index contributed by atoms with van der Waals surface area (Å²) in [6, 6.07) is 7.94. The fraction of sp³-hybridized carbons (Fsp3) is 0.545. The van der Waals surface area contributed by atoms with Crippen molar-refractivity contribution in [1.29, 1.82) is 0 Å². The molecule has 0 saturated heterocycles. The first-order valence-corrected chi connectivity index (χ1v) is 12.5. The van der Waals surface area contributed by atoms with Gasteiger partial charge in [-0.05, 0) is 53.7 Å². The van der Waals surface area contributed by atoms with E-state index in [0.29, 0.717) is 5.69 Å². The third kappa shape index (κ3) is 7.12. The van der Waals surface area contributed by atoms with E-state index in [9.17, 15) is 18.9 Å². The Morgan fingerprint density at radius 3 is 2.03 bits per heavy atom. The van der Waals surface area contributed by atoms with Crippen LogP contribution in [0, 0.1) is 5.92 Å². The van der Waals surface area contributed by atoms with Gasteiger partial charge in [0.15, 0.2) is 5.16 Å². The summed E-state index contributed by atoms with van der Waals surface area (Å²) >= 11 is 0. The maximum Gasteiger partial charge on any atom is 0.348 e. The molecule has 2 amide bonds. The van der Waals surface area contributed by atoms with E-state index in [1.807, 2.05) is 0 Å². The quantitative estimate of drug-likeness (QED) is 0.180. The number of hydrazone groups is 1. The summed E-state index contributed by atoms with van der Waals surface area (Å²) in [4.78, 5) is 38.5. The number of nitrogens with zero attached hydrogens (tertiary/aromatic N) is 1. The minimum atomic E-state index is -4.30. The molecule has 0 heterocycles. The van der Waals surface area contributed by atoms with Gasteiger partial charge in [-0.15, -0.1) is 0 Å². The molecule has 0 aliphatic heterocycles. The lowest BCUT2D eigenvalue weighted by molar-refractivity contribution is -0.156. The van der Waals surface area contributed by atoms with Crippen LogP contribution in [0.2, 0.25) is 0 Å². The average Bonchev–Trinajstić information content (AvgIpc) is 2.79. The molecule has 1 rings (SSSR count). The van der Waals surface area contributed by atoms with E-state index in [-0.39, 0.29) is 32.1 Å². The molecule has 0 bridgehead atoms. The van der Waals surface area contributed by atoms with Crippen LogP contribution >= 0.6 is 7.60 Å². The smallest absolute Gasteiger partial charge is 0.348 e. The lowest BCUT2D eigenvalue weighted by atomic mass is 9.89. The molecule has 1 aromatic carbocycles. The number of benzene rings is 1. The van der Waals surface area contributed by atoms with Crippen LogP contribution in [0.3, 0.4) is 0 Å². The number of carbonyl (C=O) groups excluding carboxylic acids is 3. The van der Waals surface area contributed by atoms with Crippen LogP contribution in [0.15, 0.2) is 35.4 Å². The Morgan fingerprint density at radius 2 is 1.53 bits per heavy atom. The van der Waals surface area contributed by atoms with Crippen molar-refractivity contribution in [2.75, 3.05) is 31.7 Å². The highest BCUT2D eigenvalue weighted by molar-refractivity contribution is 7.57. The van der Waals surface area contributed by atoms with Crippen LogP contribution in [0.1, 0.15) is 41.5 Å². The second-order valence-corrected chi connectivity index (χ2v) is 9.51. The summed E-state index contributed by atoms with van der Waals surface area (Å²) < 4.78 is 35.1. The van der Waals surface area contributed by atoms with Gasteiger partial charge in [0.1, 0.15) is 5.92 Å². The molecule has 0 radical (unpaired) electrons. The van der Waals surface area contributed by atoms with Gasteiger partial charge in [0.05, 0.1) is 32.1 Å². The van der Waals surface area contributed by atoms with E-state index < -0.39 is 36.6 Å². The van der Waals surface area contributed by atoms with Gasteiger partial charge in [-0.1, -0.05) is 18.2 Å². The Kier molecular flexibility index (Phi) is 11.9. The van der Waals surface area contributed by atoms with Crippen molar-refractivity contribution < 1.29 is 37.5 Å². The van der Waals surface area contributed by atoms with E-state index in [2.05, 4.69) is 15.8 Å². The molecule has 0 fully saturated rings. The van der Waals surface area contributed by atoms with Gasteiger partial charge >= 0.3 is 25.6 Å². The Balaban J connectivity index is 3.48. The summed E-state index contributed by atoms with van der Waals surface area (Å²) in [5, 5.41) is 4.41. The second kappa shape index (κ2) is 13.8. The Labute approximate surface area is 200 Å². The monoisotopic (exact) mass is 499 g/mol. The molecule has 190 valence electrons. The average molecular weight is 500 g/mol. The molecule has 0 spiro atoms. The van der Waals surface area contributed by atoms with Gasteiger partial charge in [0.2, 0.25) is 0 Å². The van der Waals surface area contributed by atoms with Crippen molar-refractivity contribution in [3.8, 4) is 0 Å². The number of ether oxygens (including phenoxy) is 2. The number of hydrogen-bond acceptors (Lipinski definition) is 9. The van der Waals surface area contributed by atoms with Gasteiger partial charge in [0, 0.05) is 5.69 Å². The normalized spacial score (nSPS) is 14.5. The third-order valence-electron chi connectivity index (χ3n) is 4.72. The van der Waals surface area contributed by atoms with Crippen LogP contribution in [0.5, 0.6) is 0 Å². The van der Waals surface area contributed by atoms with Crippen LogP contribution in [0.4, 0.5) is 10.5 Å². The van der Waals surface area contributed by atoms with E-state index in [1.54, 1.807) is 58.0 Å². The molecular weight excluding hydrogens is 465 g/mol. The van der Waals surface area contributed by atoms with Crippen molar-refractivity contribution >= 4 is 37.0 Å². The van der Waals surface area contributed by atoms with Gasteiger partial charge < -0.3 is 23.8 Å². The number of esters is 2. The molecular formula is C22H34N3O8P. The van der Waals surface area contributed by atoms with Crippen molar-refractivity contribution in [2.45, 2.75) is 46.7 Å².